The van der Waals surface area contributed by atoms with E-state index in [0.717, 1.165) is 12.1 Å². The van der Waals surface area contributed by atoms with Gasteiger partial charge in [-0.3, -0.25) is 34.6 Å². The Kier molecular flexibility index (Phi) is 7.54. The minimum absolute atomic E-state index is 0.0483. The topological polar surface area (TPSA) is 181 Å². The predicted octanol–water partition coefficient (Wildman–Crippen LogP) is 3.57. The summed E-state index contributed by atoms with van der Waals surface area (Å²) in [6.07, 6.45) is 1.14. The Morgan fingerprint density at radius 1 is 0.914 bits per heavy atom. The molecule has 2 aromatic carbocycles. The van der Waals surface area contributed by atoms with Gasteiger partial charge in [-0.2, -0.15) is 0 Å². The first-order valence-electron chi connectivity index (χ1n) is 10.6. The zero-order valence-corrected chi connectivity index (χ0v) is 18.3. The summed E-state index contributed by atoms with van der Waals surface area (Å²) < 4.78 is 0. The molecule has 1 atom stereocenters. The van der Waals surface area contributed by atoms with Crippen LogP contribution >= 0.6 is 0 Å². The minimum Gasteiger partial charge on any atom is -0.507 e. The number of hydrogen-bond acceptors (Lipinski definition) is 8. The number of carboxylic acid groups (broad SMARTS) is 1. The molecule has 2 N–H and O–H groups in total. The quantitative estimate of drug-likeness (QED) is 0.127. The molecule has 2 aromatic rings. The summed E-state index contributed by atoms with van der Waals surface area (Å²) in [5.74, 6) is -3.43. The van der Waals surface area contributed by atoms with Gasteiger partial charge >= 0.3 is 5.97 Å². The Hall–Kier alpha value is -4.61. The van der Waals surface area contributed by atoms with E-state index in [0.29, 0.717) is 19.3 Å². The normalized spacial score (nSPS) is 16.9. The van der Waals surface area contributed by atoms with Gasteiger partial charge in [0.2, 0.25) is 0 Å². The second-order valence-corrected chi connectivity index (χ2v) is 7.85. The Balaban J connectivity index is 2.04. The molecule has 0 unspecified atom stereocenters. The highest BCUT2D eigenvalue weighted by Crippen LogP contribution is 2.40. The molecule has 1 amide bonds. The molecule has 0 spiro atoms. The number of rotatable bonds is 10. The molecule has 1 fully saturated rings. The largest absolute Gasteiger partial charge is 0.507 e. The molecular weight excluding hydrogens is 462 g/mol. The third-order valence-electron chi connectivity index (χ3n) is 5.58. The van der Waals surface area contributed by atoms with E-state index in [2.05, 4.69) is 0 Å². The number of nitro benzene ring substituents is 2. The van der Waals surface area contributed by atoms with Crippen molar-refractivity contribution in [1.82, 2.24) is 4.90 Å². The number of amides is 1. The van der Waals surface area contributed by atoms with Crippen LogP contribution < -0.4 is 0 Å². The maximum absolute atomic E-state index is 13.0. The van der Waals surface area contributed by atoms with Crippen LogP contribution in [-0.2, 0) is 14.4 Å². The van der Waals surface area contributed by atoms with Crippen molar-refractivity contribution in [2.24, 2.45) is 0 Å². The molecule has 0 bridgehead atoms. The van der Waals surface area contributed by atoms with Crippen LogP contribution in [0.25, 0.3) is 5.76 Å². The molecule has 1 saturated heterocycles. The van der Waals surface area contributed by atoms with Crippen LogP contribution in [0.1, 0.15) is 42.9 Å². The fourth-order valence-electron chi connectivity index (χ4n) is 3.90. The Morgan fingerprint density at radius 2 is 1.57 bits per heavy atom. The Labute approximate surface area is 198 Å². The third kappa shape index (κ3) is 5.49. The Morgan fingerprint density at radius 3 is 2.17 bits per heavy atom. The van der Waals surface area contributed by atoms with E-state index in [1.165, 1.54) is 41.3 Å². The molecule has 35 heavy (non-hydrogen) atoms. The standard InChI is InChI=1S/C23H21N3O9/c27-18(28)7-2-1-3-12-24-20(15-5-4-6-17(13-15)26(34)35)19(22(30)23(24)31)21(29)14-8-10-16(11-9-14)25(32)33/h4-6,8-11,13,20,29H,1-3,7,12H2,(H,27,28)/t20-/m1/s1. The van der Waals surface area contributed by atoms with Gasteiger partial charge in [0, 0.05) is 42.8 Å². The molecule has 1 heterocycles. The SMILES string of the molecule is O=C(O)CCCCCN1C(=O)C(=O)C(=C(O)c2ccc([N+](=O)[O-])cc2)[C@H]1c1cccc([N+](=O)[O-])c1. The lowest BCUT2D eigenvalue weighted by molar-refractivity contribution is -0.385. The van der Waals surface area contributed by atoms with Gasteiger partial charge < -0.3 is 15.1 Å². The first-order chi connectivity index (χ1) is 16.6. The highest BCUT2D eigenvalue weighted by Gasteiger charge is 2.46. The molecule has 1 aliphatic rings. The summed E-state index contributed by atoms with van der Waals surface area (Å²) in [5.41, 5.74) is -0.517. The van der Waals surface area contributed by atoms with Crippen LogP contribution in [-0.4, -0.2) is 49.2 Å². The molecule has 0 radical (unpaired) electrons. The van der Waals surface area contributed by atoms with Gasteiger partial charge in [-0.1, -0.05) is 18.6 Å². The van der Waals surface area contributed by atoms with Crippen molar-refractivity contribution in [2.75, 3.05) is 6.54 Å². The lowest BCUT2D eigenvalue weighted by Crippen LogP contribution is -2.30. The smallest absolute Gasteiger partial charge is 0.303 e. The van der Waals surface area contributed by atoms with Crippen molar-refractivity contribution in [3.63, 3.8) is 0 Å². The molecule has 0 aliphatic carbocycles. The van der Waals surface area contributed by atoms with E-state index in [-0.39, 0.29) is 41.0 Å². The van der Waals surface area contributed by atoms with Crippen molar-refractivity contribution < 1.29 is 34.4 Å². The average molecular weight is 483 g/mol. The number of Topliss-reactive ketones (excluding diaryl/α,β-unsaturated/α-hetero) is 1. The highest BCUT2D eigenvalue weighted by atomic mass is 16.6. The van der Waals surface area contributed by atoms with Crippen LogP contribution in [0.3, 0.4) is 0 Å². The number of carboxylic acids is 1. The number of nitro groups is 2. The first-order valence-corrected chi connectivity index (χ1v) is 10.6. The lowest BCUT2D eigenvalue weighted by Gasteiger charge is -2.25. The van der Waals surface area contributed by atoms with Crippen molar-refractivity contribution in [2.45, 2.75) is 31.7 Å². The number of unbranched alkanes of at least 4 members (excludes halogenated alkanes) is 2. The van der Waals surface area contributed by atoms with Crippen LogP contribution in [0.4, 0.5) is 11.4 Å². The number of likely N-dealkylation sites (tertiary alicyclic amines) is 1. The van der Waals surface area contributed by atoms with E-state index in [4.69, 9.17) is 5.11 Å². The van der Waals surface area contributed by atoms with Gasteiger partial charge in [0.1, 0.15) is 5.76 Å². The van der Waals surface area contributed by atoms with Crippen LogP contribution in [0.2, 0.25) is 0 Å². The number of carbonyl (C=O) groups excluding carboxylic acids is 2. The summed E-state index contributed by atoms with van der Waals surface area (Å²) >= 11 is 0. The lowest BCUT2D eigenvalue weighted by atomic mass is 9.95. The van der Waals surface area contributed by atoms with E-state index in [9.17, 15) is 39.7 Å². The number of carbonyl (C=O) groups is 3. The van der Waals surface area contributed by atoms with Gasteiger partial charge in [-0.05, 0) is 30.5 Å². The summed E-state index contributed by atoms with van der Waals surface area (Å²) in [7, 11) is 0. The zero-order valence-electron chi connectivity index (χ0n) is 18.3. The number of non-ortho nitro benzene ring substituents is 2. The van der Waals surface area contributed by atoms with Crippen molar-refractivity contribution in [3.05, 3.63) is 85.5 Å². The molecule has 1 aliphatic heterocycles. The van der Waals surface area contributed by atoms with Gasteiger partial charge in [0.25, 0.3) is 23.1 Å². The van der Waals surface area contributed by atoms with Gasteiger partial charge in [0.05, 0.1) is 21.5 Å². The molecular formula is C23H21N3O9. The van der Waals surface area contributed by atoms with Gasteiger partial charge in [0.15, 0.2) is 0 Å². The second kappa shape index (κ2) is 10.5. The fraction of sp³-hybridized carbons (Fsp3) is 0.261. The number of benzene rings is 2. The number of hydrogen-bond donors (Lipinski definition) is 2. The second-order valence-electron chi connectivity index (χ2n) is 7.85. The Bertz CT molecular complexity index is 1220. The molecule has 182 valence electrons. The van der Waals surface area contributed by atoms with Crippen molar-refractivity contribution in [3.8, 4) is 0 Å². The molecule has 12 nitrogen and oxygen atoms in total. The molecule has 0 aromatic heterocycles. The van der Waals surface area contributed by atoms with Crippen LogP contribution in [0.5, 0.6) is 0 Å². The molecule has 0 saturated carbocycles. The first kappa shape index (κ1) is 25.0. The maximum atomic E-state index is 13.0. The maximum Gasteiger partial charge on any atom is 0.303 e. The monoisotopic (exact) mass is 483 g/mol. The number of nitrogens with zero attached hydrogens (tertiary/aromatic N) is 3. The van der Waals surface area contributed by atoms with Gasteiger partial charge in [-0.15, -0.1) is 0 Å². The van der Waals surface area contributed by atoms with Crippen LogP contribution in [0.15, 0.2) is 54.1 Å². The summed E-state index contributed by atoms with van der Waals surface area (Å²) in [6.45, 7) is 0.0502. The molecule has 3 rings (SSSR count). The highest BCUT2D eigenvalue weighted by molar-refractivity contribution is 6.46. The summed E-state index contributed by atoms with van der Waals surface area (Å²) in [6, 6.07) is 8.94. The van der Waals surface area contributed by atoms with E-state index >= 15 is 0 Å². The van der Waals surface area contributed by atoms with Crippen molar-refractivity contribution in [1.29, 1.82) is 0 Å². The zero-order chi connectivity index (χ0) is 25.7. The van der Waals surface area contributed by atoms with Gasteiger partial charge in [-0.25, -0.2) is 0 Å². The van der Waals surface area contributed by atoms with E-state index in [1.807, 2.05) is 0 Å². The average Bonchev–Trinajstić information content (AvgIpc) is 3.08. The number of ketones is 1. The van der Waals surface area contributed by atoms with E-state index < -0.39 is 39.3 Å². The predicted molar refractivity (Wildman–Crippen MR) is 121 cm³/mol. The number of aliphatic hydroxyl groups excluding tert-OH is 1. The summed E-state index contributed by atoms with van der Waals surface area (Å²) in [5, 5.41) is 41.9. The van der Waals surface area contributed by atoms with E-state index in [1.54, 1.807) is 0 Å². The summed E-state index contributed by atoms with van der Waals surface area (Å²) in [4.78, 5) is 58.7. The third-order valence-corrected chi connectivity index (χ3v) is 5.58. The molecule has 12 heteroatoms. The van der Waals surface area contributed by atoms with Crippen LogP contribution in [0, 0.1) is 20.2 Å². The number of aliphatic carboxylic acids is 1. The number of aliphatic hydroxyl groups is 1. The minimum atomic E-state index is -1.13. The van der Waals surface area contributed by atoms with Crippen molar-refractivity contribution >= 4 is 34.8 Å². The fourth-order valence-corrected chi connectivity index (χ4v) is 3.90.